The van der Waals surface area contributed by atoms with E-state index < -0.39 is 5.91 Å². The highest BCUT2D eigenvalue weighted by atomic mass is 32.2. The van der Waals surface area contributed by atoms with Gasteiger partial charge < -0.3 is 10.6 Å². The average molecular weight is 430 g/mol. The zero-order valence-electron chi connectivity index (χ0n) is 15.6. The first-order chi connectivity index (χ1) is 13.9. The minimum absolute atomic E-state index is 0.0700. The molecule has 1 aromatic carbocycles. The molecule has 0 bridgehead atoms. The van der Waals surface area contributed by atoms with Crippen LogP contribution in [0.2, 0.25) is 0 Å². The van der Waals surface area contributed by atoms with Crippen molar-refractivity contribution in [2.45, 2.75) is 6.92 Å². The van der Waals surface area contributed by atoms with Gasteiger partial charge in [0.2, 0.25) is 5.91 Å². The van der Waals surface area contributed by atoms with Gasteiger partial charge in [0.05, 0.1) is 16.3 Å². The van der Waals surface area contributed by atoms with E-state index in [1.54, 1.807) is 12.1 Å². The summed E-state index contributed by atoms with van der Waals surface area (Å²) in [7, 11) is 0. The van der Waals surface area contributed by atoms with Gasteiger partial charge in [-0.1, -0.05) is 30.3 Å². The highest BCUT2D eigenvalue weighted by Crippen LogP contribution is 2.31. The van der Waals surface area contributed by atoms with Crippen molar-refractivity contribution in [3.8, 4) is 0 Å². The second-order valence-electron chi connectivity index (χ2n) is 6.19. The predicted molar refractivity (Wildman–Crippen MR) is 114 cm³/mol. The fourth-order valence-electron chi connectivity index (χ4n) is 2.57. The number of thiophene rings is 1. The van der Waals surface area contributed by atoms with Crippen LogP contribution < -0.4 is 10.6 Å². The average Bonchev–Trinajstić information content (AvgIpc) is 3.25. The number of thioether (sulfide) groups is 1. The number of amides is 4. The standard InChI is InChI=1S/C20H19N3O4S2/c1-13-7-8-15(28-13)18(25)22-12-17(24)21-9-10-23-19(26)16(29-20(23)27)11-14-5-3-2-4-6-14/h2-8,11H,9-10,12H2,1H3,(H,21,24)(H,22,25)/b16-11-. The molecule has 1 aromatic heterocycles. The van der Waals surface area contributed by atoms with E-state index in [0.29, 0.717) is 9.78 Å². The molecule has 150 valence electrons. The SMILES string of the molecule is Cc1ccc(C(=O)NCC(=O)NCCN2C(=O)S/C(=C\c3ccccc3)C2=O)s1. The molecule has 4 amide bonds. The molecule has 0 aliphatic carbocycles. The maximum Gasteiger partial charge on any atom is 0.293 e. The van der Waals surface area contributed by atoms with E-state index in [4.69, 9.17) is 0 Å². The fourth-order valence-corrected chi connectivity index (χ4v) is 4.22. The van der Waals surface area contributed by atoms with Crippen molar-refractivity contribution < 1.29 is 19.2 Å². The minimum atomic E-state index is -0.390. The number of carbonyl (C=O) groups is 4. The number of hydrogen-bond acceptors (Lipinski definition) is 6. The summed E-state index contributed by atoms with van der Waals surface area (Å²) in [6.45, 7) is 1.91. The third-order valence-electron chi connectivity index (χ3n) is 4.00. The van der Waals surface area contributed by atoms with Crippen molar-refractivity contribution in [1.29, 1.82) is 0 Å². The van der Waals surface area contributed by atoms with Crippen LogP contribution >= 0.6 is 23.1 Å². The number of aryl methyl sites for hydroxylation is 1. The smallest absolute Gasteiger partial charge is 0.293 e. The van der Waals surface area contributed by atoms with Crippen LogP contribution in [0.5, 0.6) is 0 Å². The molecule has 0 radical (unpaired) electrons. The van der Waals surface area contributed by atoms with Crippen LogP contribution in [0.25, 0.3) is 6.08 Å². The maximum absolute atomic E-state index is 12.4. The van der Waals surface area contributed by atoms with Crippen LogP contribution in [0.3, 0.4) is 0 Å². The molecule has 1 saturated heterocycles. The van der Waals surface area contributed by atoms with Crippen molar-refractivity contribution >= 4 is 52.1 Å². The largest absolute Gasteiger partial charge is 0.353 e. The lowest BCUT2D eigenvalue weighted by molar-refractivity contribution is -0.124. The summed E-state index contributed by atoms with van der Waals surface area (Å²) in [6, 6.07) is 12.8. The van der Waals surface area contributed by atoms with Crippen LogP contribution in [0.4, 0.5) is 4.79 Å². The van der Waals surface area contributed by atoms with Crippen molar-refractivity contribution in [1.82, 2.24) is 15.5 Å². The summed E-state index contributed by atoms with van der Waals surface area (Å²) in [5.41, 5.74) is 0.836. The van der Waals surface area contributed by atoms with Gasteiger partial charge in [0.1, 0.15) is 0 Å². The monoisotopic (exact) mass is 429 g/mol. The van der Waals surface area contributed by atoms with E-state index in [9.17, 15) is 19.2 Å². The van der Waals surface area contributed by atoms with E-state index in [1.165, 1.54) is 11.3 Å². The van der Waals surface area contributed by atoms with E-state index >= 15 is 0 Å². The molecule has 2 N–H and O–H groups in total. The summed E-state index contributed by atoms with van der Waals surface area (Å²) in [5.74, 6) is -1.08. The Morgan fingerprint density at radius 1 is 1.07 bits per heavy atom. The highest BCUT2D eigenvalue weighted by Gasteiger charge is 2.34. The van der Waals surface area contributed by atoms with Crippen LogP contribution in [0, 0.1) is 6.92 Å². The number of carbonyl (C=O) groups excluding carboxylic acids is 4. The van der Waals surface area contributed by atoms with Gasteiger partial charge in [-0.25, -0.2) is 0 Å². The Morgan fingerprint density at radius 3 is 2.52 bits per heavy atom. The molecule has 1 aliphatic heterocycles. The van der Waals surface area contributed by atoms with Gasteiger partial charge in [-0.3, -0.25) is 24.1 Å². The number of imide groups is 1. The molecule has 1 fully saturated rings. The Balaban J connectivity index is 1.44. The van der Waals surface area contributed by atoms with Gasteiger partial charge >= 0.3 is 0 Å². The van der Waals surface area contributed by atoms with E-state index in [1.807, 2.05) is 43.3 Å². The van der Waals surface area contributed by atoms with Gasteiger partial charge in [-0.2, -0.15) is 0 Å². The minimum Gasteiger partial charge on any atom is -0.353 e. The summed E-state index contributed by atoms with van der Waals surface area (Å²) < 4.78 is 0. The molecule has 2 aromatic rings. The zero-order valence-corrected chi connectivity index (χ0v) is 17.3. The Kier molecular flexibility index (Phi) is 6.84. The van der Waals surface area contributed by atoms with Gasteiger partial charge in [0.25, 0.3) is 17.1 Å². The molecule has 7 nitrogen and oxygen atoms in total. The quantitative estimate of drug-likeness (QED) is 0.660. The topological polar surface area (TPSA) is 95.6 Å². The maximum atomic E-state index is 12.4. The molecule has 0 atom stereocenters. The van der Waals surface area contributed by atoms with Gasteiger partial charge in [0.15, 0.2) is 0 Å². The van der Waals surface area contributed by atoms with Crippen molar-refractivity contribution in [2.24, 2.45) is 0 Å². The van der Waals surface area contributed by atoms with E-state index in [2.05, 4.69) is 10.6 Å². The lowest BCUT2D eigenvalue weighted by atomic mass is 10.2. The molecular formula is C20H19N3O4S2. The first kappa shape index (κ1) is 20.8. The van der Waals surface area contributed by atoms with Crippen LogP contribution in [-0.4, -0.2) is 47.5 Å². The summed E-state index contributed by atoms with van der Waals surface area (Å²) in [4.78, 5) is 51.3. The molecular weight excluding hydrogens is 410 g/mol. The fraction of sp³-hybridized carbons (Fsp3) is 0.200. The van der Waals surface area contributed by atoms with Crippen molar-refractivity contribution in [3.63, 3.8) is 0 Å². The number of benzene rings is 1. The van der Waals surface area contributed by atoms with Gasteiger partial charge in [-0.05, 0) is 42.5 Å². The second kappa shape index (κ2) is 9.53. The lowest BCUT2D eigenvalue weighted by Gasteiger charge is -2.13. The molecule has 29 heavy (non-hydrogen) atoms. The molecule has 0 saturated carbocycles. The molecule has 1 aliphatic rings. The van der Waals surface area contributed by atoms with E-state index in [0.717, 1.165) is 27.1 Å². The first-order valence-electron chi connectivity index (χ1n) is 8.86. The molecule has 2 heterocycles. The lowest BCUT2D eigenvalue weighted by Crippen LogP contribution is -2.41. The summed E-state index contributed by atoms with van der Waals surface area (Å²) >= 11 is 2.23. The zero-order chi connectivity index (χ0) is 20.8. The van der Waals surface area contributed by atoms with Crippen LogP contribution in [0.1, 0.15) is 20.1 Å². The number of hydrogen-bond donors (Lipinski definition) is 2. The van der Waals surface area contributed by atoms with Crippen molar-refractivity contribution in [2.75, 3.05) is 19.6 Å². The van der Waals surface area contributed by atoms with Crippen LogP contribution in [-0.2, 0) is 9.59 Å². The molecule has 9 heteroatoms. The third kappa shape index (κ3) is 5.55. The Bertz CT molecular complexity index is 969. The Morgan fingerprint density at radius 2 is 1.83 bits per heavy atom. The molecule has 0 unspecified atom stereocenters. The number of rotatable bonds is 7. The van der Waals surface area contributed by atoms with Gasteiger partial charge in [0, 0.05) is 18.0 Å². The number of nitrogens with one attached hydrogen (secondary N) is 2. The summed E-state index contributed by atoms with van der Waals surface area (Å²) in [6.07, 6.45) is 1.67. The highest BCUT2D eigenvalue weighted by molar-refractivity contribution is 8.18. The third-order valence-corrected chi connectivity index (χ3v) is 5.91. The number of nitrogens with zero attached hydrogens (tertiary/aromatic N) is 1. The Labute approximate surface area is 176 Å². The molecule has 3 rings (SSSR count). The first-order valence-corrected chi connectivity index (χ1v) is 10.5. The summed E-state index contributed by atoms with van der Waals surface area (Å²) in [5, 5.41) is 4.78. The second-order valence-corrected chi connectivity index (χ2v) is 8.47. The molecule has 0 spiro atoms. The van der Waals surface area contributed by atoms with Crippen LogP contribution in [0.15, 0.2) is 47.4 Å². The normalized spacial score (nSPS) is 15.1. The van der Waals surface area contributed by atoms with Gasteiger partial charge in [-0.15, -0.1) is 11.3 Å². The predicted octanol–water partition coefficient (Wildman–Crippen LogP) is 2.64. The van der Waals surface area contributed by atoms with Crippen molar-refractivity contribution in [3.05, 3.63) is 62.7 Å². The Hall–Kier alpha value is -2.91. The van der Waals surface area contributed by atoms with E-state index in [-0.39, 0.29) is 36.7 Å².